The number of hydrogen-bond acceptors (Lipinski definition) is 5. The highest BCUT2D eigenvalue weighted by molar-refractivity contribution is 7.89. The molecule has 3 N–H and O–H groups in total. The van der Waals surface area contributed by atoms with Crippen molar-refractivity contribution >= 4 is 33.6 Å². The molecule has 0 aromatic heterocycles. The van der Waals surface area contributed by atoms with Crippen molar-refractivity contribution < 1.29 is 33.0 Å². The van der Waals surface area contributed by atoms with E-state index in [-0.39, 0.29) is 17.1 Å². The summed E-state index contributed by atoms with van der Waals surface area (Å²) in [6, 6.07) is 19.5. The smallest absolute Gasteiger partial charge is 0.341 e. The number of nitrogens with one attached hydrogen (secondary N) is 1. The zero-order valence-corrected chi connectivity index (χ0v) is 19.2. The van der Waals surface area contributed by atoms with Gasteiger partial charge in [0.1, 0.15) is 11.3 Å². The summed E-state index contributed by atoms with van der Waals surface area (Å²) in [5, 5.41) is 19.2. The van der Waals surface area contributed by atoms with Crippen molar-refractivity contribution in [1.82, 2.24) is 4.72 Å². The van der Waals surface area contributed by atoms with Crippen molar-refractivity contribution in [3.63, 3.8) is 0 Å². The Bertz CT molecular complexity index is 1340. The minimum absolute atomic E-state index is 0.0484. The molecule has 0 heterocycles. The average molecular weight is 502 g/mol. The van der Waals surface area contributed by atoms with Gasteiger partial charge in [-0.3, -0.25) is 4.79 Å². The number of sulfonamides is 1. The second-order valence-electron chi connectivity index (χ2n) is 7.92. The van der Waals surface area contributed by atoms with Crippen molar-refractivity contribution in [1.29, 1.82) is 0 Å². The molecule has 0 amide bonds. The van der Waals surface area contributed by atoms with Crippen molar-refractivity contribution in [2.24, 2.45) is 0 Å². The lowest BCUT2D eigenvalue weighted by Crippen LogP contribution is -2.44. The van der Waals surface area contributed by atoms with Gasteiger partial charge in [0.05, 0.1) is 4.90 Å². The van der Waals surface area contributed by atoms with E-state index in [2.05, 4.69) is 4.72 Å². The number of carboxylic acid groups (broad SMARTS) is 2. The zero-order valence-electron chi connectivity index (χ0n) is 17.6. The lowest BCUT2D eigenvalue weighted by atomic mass is 10.1. The molecule has 1 fully saturated rings. The average Bonchev–Trinajstić information content (AvgIpc) is 3.53. The highest BCUT2D eigenvalue weighted by Gasteiger charge is 2.63. The quantitative estimate of drug-likeness (QED) is 0.407. The van der Waals surface area contributed by atoms with Crippen molar-refractivity contribution in [2.75, 3.05) is 6.61 Å². The van der Waals surface area contributed by atoms with E-state index in [4.69, 9.17) is 21.4 Å². The normalized spacial score (nSPS) is 19.4. The number of aliphatic carboxylic acids is 2. The molecule has 4 rings (SSSR count). The van der Waals surface area contributed by atoms with Crippen molar-refractivity contribution in [2.45, 2.75) is 22.8 Å². The molecule has 1 aliphatic rings. The largest absolute Gasteiger partial charge is 0.482 e. The molecule has 176 valence electrons. The number of halogens is 1. The third kappa shape index (κ3) is 4.91. The Morgan fingerprint density at radius 3 is 2.21 bits per heavy atom. The molecule has 0 saturated heterocycles. The number of carbonyl (C=O) groups is 2. The molecule has 3 aromatic rings. The summed E-state index contributed by atoms with van der Waals surface area (Å²) in [7, 11) is -4.14. The van der Waals surface area contributed by atoms with Gasteiger partial charge in [0.2, 0.25) is 10.0 Å². The molecule has 0 radical (unpaired) electrons. The van der Waals surface area contributed by atoms with Crippen LogP contribution >= 0.6 is 11.6 Å². The maximum absolute atomic E-state index is 13.0. The Morgan fingerprint density at radius 2 is 1.62 bits per heavy atom. The van der Waals surface area contributed by atoms with Crippen LogP contribution in [0.3, 0.4) is 0 Å². The fourth-order valence-electron chi connectivity index (χ4n) is 3.79. The Labute approximate surface area is 200 Å². The van der Waals surface area contributed by atoms with E-state index in [1.165, 1.54) is 18.2 Å². The molecule has 34 heavy (non-hydrogen) atoms. The van der Waals surface area contributed by atoms with E-state index in [0.717, 1.165) is 11.1 Å². The summed E-state index contributed by atoms with van der Waals surface area (Å²) in [4.78, 5) is 22.8. The van der Waals surface area contributed by atoms with Gasteiger partial charge in [0, 0.05) is 10.9 Å². The number of rotatable bonds is 9. The third-order valence-electron chi connectivity index (χ3n) is 5.62. The van der Waals surface area contributed by atoms with E-state index < -0.39 is 40.0 Å². The van der Waals surface area contributed by atoms with Gasteiger partial charge in [-0.25, -0.2) is 13.2 Å². The van der Waals surface area contributed by atoms with Crippen LogP contribution in [0.4, 0.5) is 0 Å². The molecular weight excluding hydrogens is 482 g/mol. The van der Waals surface area contributed by atoms with Crippen LogP contribution in [-0.2, 0) is 19.6 Å². The maximum Gasteiger partial charge on any atom is 0.341 e. The summed E-state index contributed by atoms with van der Waals surface area (Å²) in [6.45, 7) is -0.545. The summed E-state index contributed by atoms with van der Waals surface area (Å²) in [5.41, 5.74) is 0.465. The van der Waals surface area contributed by atoms with Crippen LogP contribution in [0.2, 0.25) is 5.02 Å². The molecule has 0 spiro atoms. The first-order chi connectivity index (χ1) is 16.1. The maximum atomic E-state index is 13.0. The molecule has 1 aliphatic carbocycles. The van der Waals surface area contributed by atoms with Crippen LogP contribution in [0.25, 0.3) is 11.1 Å². The summed E-state index contributed by atoms with van der Waals surface area (Å²) < 4.78 is 33.6. The molecule has 0 bridgehead atoms. The summed E-state index contributed by atoms with van der Waals surface area (Å²) >= 11 is 5.90. The lowest BCUT2D eigenvalue weighted by molar-refractivity contribution is -0.140. The van der Waals surface area contributed by atoms with Crippen molar-refractivity contribution in [3.05, 3.63) is 83.4 Å². The monoisotopic (exact) mass is 501 g/mol. The van der Waals surface area contributed by atoms with Gasteiger partial charge in [-0.15, -0.1) is 0 Å². The Morgan fingerprint density at radius 1 is 1.00 bits per heavy atom. The highest BCUT2D eigenvalue weighted by atomic mass is 35.5. The standard InChI is InChI=1S/C24H20ClNO7S/c25-18-8-4-15(5-9-18)16-6-10-20(11-7-16)34(31,32)26-24(23(29)30)13-21(24)17-2-1-3-19(12-17)33-14-22(27)28/h1-12,21,26H,13-14H2,(H,27,28)(H,29,30)/t21-,24+/m0/s1. The second-order valence-corrected chi connectivity index (χ2v) is 10.0. The van der Waals surface area contributed by atoms with E-state index in [9.17, 15) is 23.1 Å². The van der Waals surface area contributed by atoms with Crippen LogP contribution < -0.4 is 9.46 Å². The Hall–Kier alpha value is -3.40. The zero-order chi connectivity index (χ0) is 24.5. The first-order valence-electron chi connectivity index (χ1n) is 10.2. The molecule has 3 aromatic carbocycles. The van der Waals surface area contributed by atoms with Gasteiger partial charge in [0.15, 0.2) is 6.61 Å². The minimum atomic E-state index is -4.14. The van der Waals surface area contributed by atoms with Crippen LogP contribution in [0.5, 0.6) is 5.75 Å². The van der Waals surface area contributed by atoms with E-state index in [1.54, 1.807) is 42.5 Å². The molecular formula is C24H20ClNO7S. The van der Waals surface area contributed by atoms with E-state index in [0.29, 0.717) is 10.6 Å². The van der Waals surface area contributed by atoms with Crippen molar-refractivity contribution in [3.8, 4) is 16.9 Å². The topological polar surface area (TPSA) is 130 Å². The first kappa shape index (κ1) is 23.7. The van der Waals surface area contributed by atoms with Crippen LogP contribution in [0.1, 0.15) is 17.9 Å². The van der Waals surface area contributed by atoms with Gasteiger partial charge < -0.3 is 14.9 Å². The van der Waals surface area contributed by atoms with Gasteiger partial charge >= 0.3 is 11.9 Å². The Balaban J connectivity index is 1.54. The fourth-order valence-corrected chi connectivity index (χ4v) is 5.32. The first-order valence-corrected chi connectivity index (χ1v) is 12.0. The van der Waals surface area contributed by atoms with E-state index >= 15 is 0 Å². The molecule has 1 saturated carbocycles. The van der Waals surface area contributed by atoms with Gasteiger partial charge in [-0.1, -0.05) is 48.0 Å². The predicted molar refractivity (Wildman–Crippen MR) is 125 cm³/mol. The fraction of sp³-hybridized carbons (Fsp3) is 0.167. The number of ether oxygens (including phenoxy) is 1. The number of carboxylic acids is 2. The molecule has 0 aliphatic heterocycles. The summed E-state index contributed by atoms with van der Waals surface area (Å²) in [5.74, 6) is -2.82. The van der Waals surface area contributed by atoms with Crippen LogP contribution in [0.15, 0.2) is 77.7 Å². The van der Waals surface area contributed by atoms with Crippen LogP contribution in [-0.4, -0.2) is 42.7 Å². The van der Waals surface area contributed by atoms with Gasteiger partial charge in [0.25, 0.3) is 0 Å². The molecule has 2 atom stereocenters. The lowest BCUT2D eigenvalue weighted by Gasteiger charge is -2.16. The van der Waals surface area contributed by atoms with Gasteiger partial charge in [-0.05, 0) is 59.5 Å². The van der Waals surface area contributed by atoms with E-state index in [1.807, 2.05) is 12.1 Å². The molecule has 10 heteroatoms. The predicted octanol–water partition coefficient (Wildman–Crippen LogP) is 3.76. The van der Waals surface area contributed by atoms with Crippen LogP contribution in [0, 0.1) is 0 Å². The molecule has 0 unspecified atom stereocenters. The van der Waals surface area contributed by atoms with Gasteiger partial charge in [-0.2, -0.15) is 4.72 Å². The third-order valence-corrected chi connectivity index (χ3v) is 7.40. The second kappa shape index (κ2) is 9.09. The highest BCUT2D eigenvalue weighted by Crippen LogP contribution is 2.53. The number of hydrogen-bond donors (Lipinski definition) is 3. The molecule has 8 nitrogen and oxygen atoms in total. The summed E-state index contributed by atoms with van der Waals surface area (Å²) in [6.07, 6.45) is 0.0484. The Kier molecular flexibility index (Phi) is 6.35. The number of benzene rings is 3. The minimum Gasteiger partial charge on any atom is -0.482 e. The SMILES string of the molecule is O=C(O)COc1cccc([C@@H]2C[C@]2(NS(=O)(=O)c2ccc(-c3ccc(Cl)cc3)cc2)C(=O)O)c1.